The van der Waals surface area contributed by atoms with E-state index in [4.69, 9.17) is 4.74 Å². The van der Waals surface area contributed by atoms with E-state index in [2.05, 4.69) is 15.2 Å². The molecule has 0 spiro atoms. The van der Waals surface area contributed by atoms with Gasteiger partial charge in [0.25, 0.3) is 11.8 Å². The molecular weight excluding hydrogens is 464 g/mol. The minimum Gasteiger partial charge on any atom is -0.375 e. The molecule has 3 aliphatic rings. The number of benzene rings is 1. The molecule has 2 aromatic rings. The smallest absolute Gasteiger partial charge is 0.263 e. The molecule has 2 fully saturated rings. The van der Waals surface area contributed by atoms with E-state index in [1.807, 2.05) is 38.3 Å². The summed E-state index contributed by atoms with van der Waals surface area (Å²) in [6.07, 6.45) is 2.91. The Balaban J connectivity index is 1.32. The number of aryl methyl sites for hydroxylation is 1. The lowest BCUT2D eigenvalue weighted by atomic mass is 9.93. The highest BCUT2D eigenvalue weighted by Gasteiger charge is 2.45. The number of thiazole rings is 1. The largest absolute Gasteiger partial charge is 0.375 e. The zero-order valence-electron chi connectivity index (χ0n) is 20.5. The van der Waals surface area contributed by atoms with E-state index in [-0.39, 0.29) is 35.3 Å². The van der Waals surface area contributed by atoms with Crippen molar-refractivity contribution in [2.75, 3.05) is 24.6 Å². The molecule has 2 saturated heterocycles. The quantitative estimate of drug-likeness (QED) is 0.637. The van der Waals surface area contributed by atoms with Gasteiger partial charge in [-0.05, 0) is 58.6 Å². The van der Waals surface area contributed by atoms with Gasteiger partial charge < -0.3 is 15.0 Å². The molecule has 0 radical (unpaired) electrons. The fourth-order valence-corrected chi connectivity index (χ4v) is 6.13. The van der Waals surface area contributed by atoms with Crippen molar-refractivity contribution in [3.05, 3.63) is 45.4 Å². The first-order valence-electron chi connectivity index (χ1n) is 12.3. The van der Waals surface area contributed by atoms with Crippen LogP contribution >= 0.6 is 11.3 Å². The summed E-state index contributed by atoms with van der Waals surface area (Å²) >= 11 is 1.57. The van der Waals surface area contributed by atoms with E-state index in [0.29, 0.717) is 43.7 Å². The molecule has 1 aromatic heterocycles. The molecule has 5 rings (SSSR count). The van der Waals surface area contributed by atoms with Crippen LogP contribution in [0.15, 0.2) is 23.6 Å². The lowest BCUT2D eigenvalue weighted by Gasteiger charge is -2.39. The summed E-state index contributed by atoms with van der Waals surface area (Å²) in [6.45, 7) is 8.16. The first kappa shape index (κ1) is 23.9. The molecule has 1 aromatic carbocycles. The van der Waals surface area contributed by atoms with Crippen molar-refractivity contribution in [3.63, 3.8) is 0 Å². The molecule has 2 atom stereocenters. The SMILES string of the molecule is Cc1nc(CNC(=O)[C@H]2CCCN(c3cccc4c3C(=O)N([C@H]3CCOC(C)(C)C3)C4=O)C2)cs1. The molecule has 3 aliphatic heterocycles. The Kier molecular flexibility index (Phi) is 6.40. The molecule has 3 amide bonds. The number of carbonyl (C=O) groups excluding carboxylic acids is 3. The average Bonchev–Trinajstić information content (AvgIpc) is 3.37. The highest BCUT2D eigenvalue weighted by Crippen LogP contribution is 2.38. The fourth-order valence-electron chi connectivity index (χ4n) is 5.52. The van der Waals surface area contributed by atoms with Crippen LogP contribution in [-0.2, 0) is 16.1 Å². The van der Waals surface area contributed by atoms with Crippen LogP contribution in [0.25, 0.3) is 0 Å². The number of hydrogen-bond acceptors (Lipinski definition) is 7. The van der Waals surface area contributed by atoms with Crippen LogP contribution in [0.5, 0.6) is 0 Å². The molecule has 0 saturated carbocycles. The number of fused-ring (bicyclic) bond motifs is 1. The number of amides is 3. The van der Waals surface area contributed by atoms with Crippen LogP contribution in [0.3, 0.4) is 0 Å². The molecule has 186 valence electrons. The number of imide groups is 1. The van der Waals surface area contributed by atoms with Gasteiger partial charge in [0.1, 0.15) is 0 Å². The van der Waals surface area contributed by atoms with Gasteiger partial charge in [-0.15, -0.1) is 11.3 Å². The Hall–Kier alpha value is -2.78. The van der Waals surface area contributed by atoms with Crippen molar-refractivity contribution >= 4 is 34.7 Å². The normalized spacial score (nSPS) is 24.0. The van der Waals surface area contributed by atoms with Gasteiger partial charge in [0, 0.05) is 31.1 Å². The average molecular weight is 497 g/mol. The summed E-state index contributed by atoms with van der Waals surface area (Å²) in [4.78, 5) is 47.8. The summed E-state index contributed by atoms with van der Waals surface area (Å²) in [7, 11) is 0. The number of nitrogens with one attached hydrogen (secondary N) is 1. The standard InChI is InChI=1S/C26H32N4O4S/c1-16-28-18(15-35-16)13-27-23(31)17-6-5-10-29(14-17)21-8-4-7-20-22(21)25(33)30(24(20)32)19-9-11-34-26(2,3)12-19/h4,7-8,15,17,19H,5-6,9-14H2,1-3H3,(H,27,31)/t17-,19-/m0/s1. The minimum absolute atomic E-state index is 0.00129. The van der Waals surface area contributed by atoms with E-state index in [1.54, 1.807) is 17.4 Å². The summed E-state index contributed by atoms with van der Waals surface area (Å²) in [5.74, 6) is -0.631. The molecule has 0 aliphatic carbocycles. The molecule has 0 unspecified atom stereocenters. The van der Waals surface area contributed by atoms with Gasteiger partial charge in [-0.25, -0.2) is 4.98 Å². The predicted octanol–water partition coefficient (Wildman–Crippen LogP) is 3.54. The highest BCUT2D eigenvalue weighted by atomic mass is 32.1. The molecule has 8 nitrogen and oxygen atoms in total. The number of anilines is 1. The number of piperidine rings is 1. The summed E-state index contributed by atoms with van der Waals surface area (Å²) < 4.78 is 5.81. The first-order valence-corrected chi connectivity index (χ1v) is 13.2. The summed E-state index contributed by atoms with van der Waals surface area (Å²) in [6, 6.07) is 5.31. The van der Waals surface area contributed by atoms with Gasteiger partial charge in [0.15, 0.2) is 0 Å². The van der Waals surface area contributed by atoms with Gasteiger partial charge in [-0.2, -0.15) is 0 Å². The molecule has 9 heteroatoms. The number of carbonyl (C=O) groups is 3. The van der Waals surface area contributed by atoms with Gasteiger partial charge >= 0.3 is 0 Å². The van der Waals surface area contributed by atoms with Crippen molar-refractivity contribution in [1.29, 1.82) is 0 Å². The maximum Gasteiger partial charge on any atom is 0.263 e. The molecule has 1 N–H and O–H groups in total. The summed E-state index contributed by atoms with van der Waals surface area (Å²) in [5, 5.41) is 5.96. The van der Waals surface area contributed by atoms with Crippen LogP contribution in [0.1, 0.15) is 70.9 Å². The summed E-state index contributed by atoms with van der Waals surface area (Å²) in [5.41, 5.74) is 2.19. The van der Waals surface area contributed by atoms with Gasteiger partial charge in [0.05, 0.1) is 45.6 Å². The number of hydrogen-bond donors (Lipinski definition) is 1. The van der Waals surface area contributed by atoms with Crippen LogP contribution in [0, 0.1) is 12.8 Å². The van der Waals surface area contributed by atoms with E-state index < -0.39 is 0 Å². The maximum absolute atomic E-state index is 13.6. The lowest BCUT2D eigenvalue weighted by molar-refractivity contribution is -0.125. The van der Waals surface area contributed by atoms with Crippen molar-refractivity contribution in [3.8, 4) is 0 Å². The van der Waals surface area contributed by atoms with Crippen molar-refractivity contribution < 1.29 is 19.1 Å². The fraction of sp³-hybridized carbons (Fsp3) is 0.538. The predicted molar refractivity (Wildman–Crippen MR) is 134 cm³/mol. The second kappa shape index (κ2) is 9.35. The third kappa shape index (κ3) is 4.71. The van der Waals surface area contributed by atoms with Crippen molar-refractivity contribution in [2.24, 2.45) is 5.92 Å². The third-order valence-electron chi connectivity index (χ3n) is 7.20. The molecule has 4 heterocycles. The van der Waals surface area contributed by atoms with Crippen LogP contribution in [0.4, 0.5) is 5.69 Å². The van der Waals surface area contributed by atoms with Crippen LogP contribution in [0.2, 0.25) is 0 Å². The molecular formula is C26H32N4O4S. The second-order valence-electron chi connectivity index (χ2n) is 10.3. The highest BCUT2D eigenvalue weighted by molar-refractivity contribution is 7.09. The number of ether oxygens (including phenoxy) is 1. The Morgan fingerprint density at radius 3 is 2.83 bits per heavy atom. The van der Waals surface area contributed by atoms with E-state index in [9.17, 15) is 14.4 Å². The van der Waals surface area contributed by atoms with Crippen LogP contribution < -0.4 is 10.2 Å². The van der Waals surface area contributed by atoms with E-state index >= 15 is 0 Å². The maximum atomic E-state index is 13.6. The Morgan fingerprint density at radius 1 is 1.26 bits per heavy atom. The van der Waals surface area contributed by atoms with Gasteiger partial charge in [0.2, 0.25) is 5.91 Å². The van der Waals surface area contributed by atoms with Crippen molar-refractivity contribution in [2.45, 2.75) is 64.6 Å². The Morgan fingerprint density at radius 2 is 2.09 bits per heavy atom. The number of aromatic nitrogens is 1. The second-order valence-corrected chi connectivity index (χ2v) is 11.4. The zero-order chi connectivity index (χ0) is 24.7. The number of nitrogens with zero attached hydrogens (tertiary/aromatic N) is 3. The van der Waals surface area contributed by atoms with Crippen molar-refractivity contribution in [1.82, 2.24) is 15.2 Å². The monoisotopic (exact) mass is 496 g/mol. The first-order chi connectivity index (χ1) is 16.7. The lowest BCUT2D eigenvalue weighted by Crippen LogP contribution is -2.48. The topological polar surface area (TPSA) is 91.8 Å². The molecule has 35 heavy (non-hydrogen) atoms. The van der Waals surface area contributed by atoms with E-state index in [1.165, 1.54) is 4.90 Å². The Bertz CT molecular complexity index is 1160. The van der Waals surface area contributed by atoms with Crippen LogP contribution in [-0.4, -0.2) is 58.9 Å². The number of rotatable bonds is 5. The van der Waals surface area contributed by atoms with E-state index in [0.717, 1.165) is 35.8 Å². The zero-order valence-corrected chi connectivity index (χ0v) is 21.3. The Labute approximate surface area is 209 Å². The van der Waals surface area contributed by atoms with Gasteiger partial charge in [-0.3, -0.25) is 19.3 Å². The molecule has 0 bridgehead atoms. The van der Waals surface area contributed by atoms with Gasteiger partial charge in [-0.1, -0.05) is 6.07 Å². The minimum atomic E-state index is -0.369. The third-order valence-corrected chi connectivity index (χ3v) is 8.03.